The highest BCUT2D eigenvalue weighted by Crippen LogP contribution is 2.19. The van der Waals surface area contributed by atoms with Crippen molar-refractivity contribution in [3.63, 3.8) is 0 Å². The predicted molar refractivity (Wildman–Crippen MR) is 78.7 cm³/mol. The van der Waals surface area contributed by atoms with Gasteiger partial charge >= 0.3 is 0 Å². The van der Waals surface area contributed by atoms with Gasteiger partial charge in [-0.15, -0.1) is 0 Å². The van der Waals surface area contributed by atoms with Crippen LogP contribution in [0.4, 0.5) is 5.69 Å². The van der Waals surface area contributed by atoms with Crippen molar-refractivity contribution in [2.24, 2.45) is 0 Å². The number of anilines is 1. The minimum atomic E-state index is -1.01. The Balaban J connectivity index is 0.000000331. The van der Waals surface area contributed by atoms with Crippen LogP contribution in [0.1, 0.15) is 33.3 Å². The highest BCUT2D eigenvalue weighted by molar-refractivity contribution is 6.33. The molecule has 0 aromatic heterocycles. The molecule has 0 unspecified atom stereocenters. The summed E-state index contributed by atoms with van der Waals surface area (Å²) in [5.74, 6) is 0. The molecular weight excluding hydrogens is 225 g/mol. The Morgan fingerprint density at radius 2 is 1.50 bits per heavy atom. The topological polar surface area (TPSA) is 52.5 Å². The molecule has 0 aliphatic rings. The van der Waals surface area contributed by atoms with E-state index >= 15 is 0 Å². The maximum absolute atomic E-state index is 9.10. The average molecular weight is 249 g/mol. The van der Waals surface area contributed by atoms with Gasteiger partial charge in [-0.05, 0) is 46.2 Å². The van der Waals surface area contributed by atoms with Crippen molar-refractivity contribution in [2.45, 2.75) is 45.8 Å². The predicted octanol–water partition coefficient (Wildman–Crippen LogP) is 1.36. The Morgan fingerprint density at radius 3 is 1.78 bits per heavy atom. The molecule has 0 saturated carbocycles. The standard InChI is InChI=1S/C8H10BN.C6H14O2/c1-6-7(9)4-3-5-8(6)10-2;1-5(2,7)6(3,4)8/h3-5,10H,1-2H3;7-8H,1-4H3. The Morgan fingerprint density at radius 1 is 1.06 bits per heavy atom. The largest absolute Gasteiger partial charge is 0.388 e. The van der Waals surface area contributed by atoms with Gasteiger partial charge in [0.2, 0.25) is 0 Å². The molecule has 0 bridgehead atoms. The van der Waals surface area contributed by atoms with Crippen LogP contribution in [0.25, 0.3) is 0 Å². The van der Waals surface area contributed by atoms with Crippen molar-refractivity contribution in [3.05, 3.63) is 23.8 Å². The van der Waals surface area contributed by atoms with E-state index in [0.29, 0.717) is 0 Å². The summed E-state index contributed by atoms with van der Waals surface area (Å²) in [6.07, 6.45) is 0. The first kappa shape index (κ1) is 17.0. The smallest absolute Gasteiger partial charge is 0.114 e. The molecule has 1 aromatic carbocycles. The van der Waals surface area contributed by atoms with Gasteiger partial charge in [0.1, 0.15) is 7.85 Å². The van der Waals surface area contributed by atoms with Gasteiger partial charge in [-0.1, -0.05) is 17.6 Å². The van der Waals surface area contributed by atoms with Gasteiger partial charge in [-0.2, -0.15) is 0 Å². The first-order valence-electron chi connectivity index (χ1n) is 5.98. The van der Waals surface area contributed by atoms with Crippen LogP contribution in [0.2, 0.25) is 0 Å². The van der Waals surface area contributed by atoms with Crippen LogP contribution in [0.5, 0.6) is 0 Å². The van der Waals surface area contributed by atoms with E-state index in [4.69, 9.17) is 18.1 Å². The van der Waals surface area contributed by atoms with E-state index in [1.165, 1.54) is 0 Å². The van der Waals surface area contributed by atoms with Gasteiger partial charge < -0.3 is 15.5 Å². The third-order valence-corrected chi connectivity index (χ3v) is 3.14. The minimum Gasteiger partial charge on any atom is -0.388 e. The molecule has 3 nitrogen and oxygen atoms in total. The summed E-state index contributed by atoms with van der Waals surface area (Å²) in [6.45, 7) is 8.31. The number of nitrogens with one attached hydrogen (secondary N) is 1. The lowest BCUT2D eigenvalue weighted by molar-refractivity contribution is -0.107. The molecular formula is C14H24BNO2. The Hall–Kier alpha value is -0.995. The van der Waals surface area contributed by atoms with E-state index < -0.39 is 11.2 Å². The van der Waals surface area contributed by atoms with Crippen LogP contribution < -0.4 is 10.8 Å². The third kappa shape index (κ3) is 5.11. The van der Waals surface area contributed by atoms with E-state index in [1.54, 1.807) is 27.7 Å². The molecule has 4 heteroatoms. The first-order valence-corrected chi connectivity index (χ1v) is 5.98. The van der Waals surface area contributed by atoms with Gasteiger partial charge in [0.25, 0.3) is 0 Å². The first-order chi connectivity index (χ1) is 8.00. The second kappa shape index (κ2) is 6.25. The average Bonchev–Trinajstić information content (AvgIpc) is 2.20. The number of rotatable bonds is 2. The quantitative estimate of drug-likeness (QED) is 0.694. The van der Waals surface area contributed by atoms with E-state index in [1.807, 2.05) is 32.2 Å². The van der Waals surface area contributed by atoms with Crippen LogP contribution >= 0.6 is 0 Å². The summed E-state index contributed by atoms with van der Waals surface area (Å²) < 4.78 is 0. The van der Waals surface area contributed by atoms with Gasteiger partial charge in [0, 0.05) is 12.7 Å². The van der Waals surface area contributed by atoms with Gasteiger partial charge in [-0.25, -0.2) is 0 Å². The van der Waals surface area contributed by atoms with E-state index in [2.05, 4.69) is 5.32 Å². The van der Waals surface area contributed by atoms with Crippen LogP contribution in [0, 0.1) is 6.92 Å². The molecule has 18 heavy (non-hydrogen) atoms. The van der Waals surface area contributed by atoms with Crippen molar-refractivity contribution in [3.8, 4) is 0 Å². The molecule has 0 spiro atoms. The highest BCUT2D eigenvalue weighted by Gasteiger charge is 2.31. The third-order valence-electron chi connectivity index (χ3n) is 3.14. The maximum Gasteiger partial charge on any atom is 0.114 e. The lowest BCUT2D eigenvalue weighted by atomic mass is 9.90. The van der Waals surface area contributed by atoms with Crippen molar-refractivity contribution >= 4 is 19.0 Å². The zero-order valence-electron chi connectivity index (χ0n) is 12.2. The summed E-state index contributed by atoms with van der Waals surface area (Å²) in [7, 11) is 7.55. The lowest BCUT2D eigenvalue weighted by Crippen LogP contribution is -2.44. The second-order valence-corrected chi connectivity index (χ2v) is 5.39. The summed E-state index contributed by atoms with van der Waals surface area (Å²) in [5.41, 5.74) is 1.04. The second-order valence-electron chi connectivity index (χ2n) is 5.39. The van der Waals surface area contributed by atoms with E-state index in [0.717, 1.165) is 16.7 Å². The van der Waals surface area contributed by atoms with Crippen LogP contribution in [-0.4, -0.2) is 36.3 Å². The molecule has 1 aromatic rings. The molecule has 1 rings (SSSR count). The molecule has 0 amide bonds. The van der Waals surface area contributed by atoms with Crippen LogP contribution in [0.3, 0.4) is 0 Å². The van der Waals surface area contributed by atoms with Gasteiger partial charge in [-0.3, -0.25) is 0 Å². The zero-order valence-corrected chi connectivity index (χ0v) is 12.2. The molecule has 3 N–H and O–H groups in total. The molecule has 0 atom stereocenters. The monoisotopic (exact) mass is 249 g/mol. The molecule has 0 fully saturated rings. The van der Waals surface area contributed by atoms with Gasteiger partial charge in [0.15, 0.2) is 0 Å². The Bertz CT molecular complexity index is 366. The number of aliphatic hydroxyl groups is 2. The van der Waals surface area contributed by atoms with Crippen molar-refractivity contribution < 1.29 is 10.2 Å². The Kier molecular flexibility index (Phi) is 5.91. The van der Waals surface area contributed by atoms with E-state index in [9.17, 15) is 0 Å². The fourth-order valence-electron chi connectivity index (χ4n) is 0.924. The van der Waals surface area contributed by atoms with Crippen molar-refractivity contribution in [1.29, 1.82) is 0 Å². The molecule has 0 aliphatic carbocycles. The molecule has 0 aliphatic heterocycles. The molecule has 100 valence electrons. The Labute approximate surface area is 112 Å². The SMILES string of the molecule is CC(C)(O)C(C)(C)O.[B]c1cccc(NC)c1C. The summed E-state index contributed by atoms with van der Waals surface area (Å²) >= 11 is 0. The number of hydrogen-bond acceptors (Lipinski definition) is 3. The maximum atomic E-state index is 9.10. The fourth-order valence-corrected chi connectivity index (χ4v) is 0.924. The molecule has 0 saturated heterocycles. The van der Waals surface area contributed by atoms with Crippen molar-refractivity contribution in [1.82, 2.24) is 0 Å². The molecule has 0 heterocycles. The summed E-state index contributed by atoms with van der Waals surface area (Å²) in [5, 5.41) is 21.3. The lowest BCUT2D eigenvalue weighted by Gasteiger charge is -2.31. The summed E-state index contributed by atoms with van der Waals surface area (Å²) in [4.78, 5) is 0. The minimum absolute atomic E-state index is 0.840. The highest BCUT2D eigenvalue weighted by atomic mass is 16.3. The number of benzene rings is 1. The van der Waals surface area contributed by atoms with Crippen molar-refractivity contribution in [2.75, 3.05) is 12.4 Å². The number of hydrogen-bond donors (Lipinski definition) is 3. The van der Waals surface area contributed by atoms with Gasteiger partial charge in [0.05, 0.1) is 11.2 Å². The normalized spacial score (nSPS) is 11.6. The van der Waals surface area contributed by atoms with Crippen LogP contribution in [0.15, 0.2) is 18.2 Å². The zero-order chi connectivity index (χ0) is 14.6. The van der Waals surface area contributed by atoms with E-state index in [-0.39, 0.29) is 0 Å². The van der Waals surface area contributed by atoms with Crippen LogP contribution in [-0.2, 0) is 0 Å². The fraction of sp³-hybridized carbons (Fsp3) is 0.571. The summed E-state index contributed by atoms with van der Waals surface area (Å²) in [6, 6.07) is 5.84. The molecule has 2 radical (unpaired) electrons.